The van der Waals surface area contributed by atoms with Gasteiger partial charge in [-0.3, -0.25) is 0 Å². The molecule has 0 saturated carbocycles. The highest BCUT2D eigenvalue weighted by Gasteiger charge is 2.26. The second-order valence-corrected chi connectivity index (χ2v) is 5.52. The smallest absolute Gasteiger partial charge is 0.410 e. The molecule has 1 fully saturated rings. The molecule has 2 heterocycles. The summed E-state index contributed by atoms with van der Waals surface area (Å²) in [5, 5.41) is 0. The van der Waals surface area contributed by atoms with Gasteiger partial charge in [-0.05, 0) is 26.8 Å². The number of piperazine rings is 1. The molecule has 1 aliphatic heterocycles. The molecular weight excluding hydrogens is 268 g/mol. The molecule has 0 aromatic carbocycles. The van der Waals surface area contributed by atoms with Gasteiger partial charge >= 0.3 is 6.09 Å². The number of amides is 1. The van der Waals surface area contributed by atoms with Gasteiger partial charge in [0.2, 0.25) is 0 Å². The van der Waals surface area contributed by atoms with Crippen LogP contribution in [0.4, 0.5) is 10.6 Å². The maximum atomic E-state index is 11.9. The SMILES string of the molecule is C=C.CC(C)(C)OC(=O)N1CCN(c2ccncn2)CC1. The first-order chi connectivity index (χ1) is 9.96. The highest BCUT2D eigenvalue weighted by Crippen LogP contribution is 2.15. The zero-order valence-corrected chi connectivity index (χ0v) is 13.1. The molecule has 0 atom stereocenters. The molecule has 116 valence electrons. The summed E-state index contributed by atoms with van der Waals surface area (Å²) in [6, 6.07) is 1.88. The second-order valence-electron chi connectivity index (χ2n) is 5.52. The van der Waals surface area contributed by atoms with Gasteiger partial charge in [0.15, 0.2) is 0 Å². The highest BCUT2D eigenvalue weighted by atomic mass is 16.6. The first kappa shape index (κ1) is 16.9. The molecule has 1 saturated heterocycles. The van der Waals surface area contributed by atoms with Crippen molar-refractivity contribution in [2.24, 2.45) is 0 Å². The number of hydrogen-bond donors (Lipinski definition) is 0. The number of ether oxygens (including phenoxy) is 1. The van der Waals surface area contributed by atoms with Gasteiger partial charge < -0.3 is 14.5 Å². The van der Waals surface area contributed by atoms with Crippen LogP contribution >= 0.6 is 0 Å². The Morgan fingerprint density at radius 3 is 2.33 bits per heavy atom. The molecule has 0 N–H and O–H groups in total. The van der Waals surface area contributed by atoms with E-state index in [9.17, 15) is 4.79 Å². The van der Waals surface area contributed by atoms with Crippen molar-refractivity contribution in [3.05, 3.63) is 31.7 Å². The van der Waals surface area contributed by atoms with Crippen LogP contribution in [-0.2, 0) is 4.74 Å². The lowest BCUT2D eigenvalue weighted by molar-refractivity contribution is 0.0240. The largest absolute Gasteiger partial charge is 0.444 e. The fourth-order valence-electron chi connectivity index (χ4n) is 1.92. The van der Waals surface area contributed by atoms with E-state index in [2.05, 4.69) is 28.0 Å². The van der Waals surface area contributed by atoms with Crippen molar-refractivity contribution < 1.29 is 9.53 Å². The van der Waals surface area contributed by atoms with Crippen molar-refractivity contribution >= 4 is 11.9 Å². The fourth-order valence-corrected chi connectivity index (χ4v) is 1.92. The minimum Gasteiger partial charge on any atom is -0.444 e. The summed E-state index contributed by atoms with van der Waals surface area (Å²) in [7, 11) is 0. The average Bonchev–Trinajstić information content (AvgIpc) is 2.49. The summed E-state index contributed by atoms with van der Waals surface area (Å²) >= 11 is 0. The molecule has 6 nitrogen and oxygen atoms in total. The van der Waals surface area contributed by atoms with Crippen LogP contribution in [0.2, 0.25) is 0 Å². The molecule has 1 amide bonds. The zero-order chi connectivity index (χ0) is 15.9. The number of hydrogen-bond acceptors (Lipinski definition) is 5. The monoisotopic (exact) mass is 292 g/mol. The van der Waals surface area contributed by atoms with Crippen LogP contribution in [-0.4, -0.2) is 52.7 Å². The zero-order valence-electron chi connectivity index (χ0n) is 13.1. The predicted molar refractivity (Wildman–Crippen MR) is 83.3 cm³/mol. The molecule has 0 unspecified atom stereocenters. The lowest BCUT2D eigenvalue weighted by Gasteiger charge is -2.36. The fraction of sp³-hybridized carbons (Fsp3) is 0.533. The number of carbonyl (C=O) groups is 1. The van der Waals surface area contributed by atoms with E-state index in [-0.39, 0.29) is 6.09 Å². The summed E-state index contributed by atoms with van der Waals surface area (Å²) < 4.78 is 5.36. The standard InChI is InChI=1S/C13H20N4O2.C2H4/c1-13(2,3)19-12(18)17-8-6-16(7-9-17)11-4-5-14-10-15-11;1-2/h4-5,10H,6-9H2,1-3H3;1-2H2. The van der Waals surface area contributed by atoms with Gasteiger partial charge in [0.05, 0.1) is 0 Å². The third-order valence-electron chi connectivity index (χ3n) is 2.82. The Morgan fingerprint density at radius 1 is 1.24 bits per heavy atom. The highest BCUT2D eigenvalue weighted by molar-refractivity contribution is 5.68. The van der Waals surface area contributed by atoms with Crippen molar-refractivity contribution in [1.82, 2.24) is 14.9 Å². The summed E-state index contributed by atoms with van der Waals surface area (Å²) in [4.78, 5) is 23.9. The van der Waals surface area contributed by atoms with Crippen molar-refractivity contribution in [1.29, 1.82) is 0 Å². The van der Waals surface area contributed by atoms with Crippen molar-refractivity contribution in [2.75, 3.05) is 31.1 Å². The summed E-state index contributed by atoms with van der Waals surface area (Å²) in [5.74, 6) is 0.902. The maximum absolute atomic E-state index is 11.9. The van der Waals surface area contributed by atoms with Crippen LogP contribution in [0, 0.1) is 0 Å². The minimum absolute atomic E-state index is 0.241. The summed E-state index contributed by atoms with van der Waals surface area (Å²) in [6.07, 6.45) is 3.02. The first-order valence-electron chi connectivity index (χ1n) is 6.94. The molecule has 0 aliphatic carbocycles. The van der Waals surface area contributed by atoms with Gasteiger partial charge in [-0.15, -0.1) is 13.2 Å². The number of aromatic nitrogens is 2. The van der Waals surface area contributed by atoms with Crippen LogP contribution < -0.4 is 4.90 Å². The van der Waals surface area contributed by atoms with Gasteiger partial charge in [0, 0.05) is 32.4 Å². The van der Waals surface area contributed by atoms with Gasteiger partial charge in [0.1, 0.15) is 17.7 Å². The number of carbonyl (C=O) groups excluding carboxylic acids is 1. The molecule has 2 rings (SSSR count). The molecular formula is C15H24N4O2. The maximum Gasteiger partial charge on any atom is 0.410 e. The van der Waals surface area contributed by atoms with E-state index in [1.807, 2.05) is 26.8 Å². The van der Waals surface area contributed by atoms with Crippen LogP contribution in [0.3, 0.4) is 0 Å². The van der Waals surface area contributed by atoms with Gasteiger partial charge in [0.25, 0.3) is 0 Å². The lowest BCUT2D eigenvalue weighted by Crippen LogP contribution is -2.50. The van der Waals surface area contributed by atoms with E-state index in [0.717, 1.165) is 18.9 Å². The third kappa shape index (κ3) is 5.41. The molecule has 1 aromatic heterocycles. The van der Waals surface area contributed by atoms with E-state index >= 15 is 0 Å². The van der Waals surface area contributed by atoms with Crippen molar-refractivity contribution in [3.8, 4) is 0 Å². The predicted octanol–water partition coefficient (Wildman–Crippen LogP) is 2.34. The molecule has 1 aliphatic rings. The Kier molecular flexibility index (Phi) is 6.14. The minimum atomic E-state index is -0.444. The van der Waals surface area contributed by atoms with Crippen LogP contribution in [0.5, 0.6) is 0 Å². The first-order valence-corrected chi connectivity index (χ1v) is 6.94. The molecule has 6 heteroatoms. The van der Waals surface area contributed by atoms with E-state index in [1.54, 1.807) is 11.1 Å². The Balaban J connectivity index is 0.00000106. The van der Waals surface area contributed by atoms with Gasteiger partial charge in [-0.25, -0.2) is 14.8 Å². The van der Waals surface area contributed by atoms with E-state index in [4.69, 9.17) is 4.74 Å². The third-order valence-corrected chi connectivity index (χ3v) is 2.82. The normalized spacial score (nSPS) is 15.0. The molecule has 21 heavy (non-hydrogen) atoms. The quantitative estimate of drug-likeness (QED) is 0.744. The van der Waals surface area contributed by atoms with Crippen LogP contribution in [0.25, 0.3) is 0 Å². The topological polar surface area (TPSA) is 58.6 Å². The average molecular weight is 292 g/mol. The number of anilines is 1. The molecule has 0 spiro atoms. The summed E-state index contributed by atoms with van der Waals surface area (Å²) in [5.41, 5.74) is -0.444. The van der Waals surface area contributed by atoms with Crippen LogP contribution in [0.15, 0.2) is 31.7 Å². The second kappa shape index (κ2) is 7.61. The summed E-state index contributed by atoms with van der Waals surface area (Å²) in [6.45, 7) is 14.5. The Hall–Kier alpha value is -2.11. The molecule has 0 bridgehead atoms. The van der Waals surface area contributed by atoms with Crippen molar-refractivity contribution in [2.45, 2.75) is 26.4 Å². The van der Waals surface area contributed by atoms with E-state index in [0.29, 0.717) is 13.1 Å². The van der Waals surface area contributed by atoms with E-state index < -0.39 is 5.60 Å². The Morgan fingerprint density at radius 2 is 1.86 bits per heavy atom. The Labute approximate surface area is 126 Å². The Bertz CT molecular complexity index is 437. The van der Waals surface area contributed by atoms with Gasteiger partial charge in [-0.2, -0.15) is 0 Å². The van der Waals surface area contributed by atoms with E-state index in [1.165, 1.54) is 6.33 Å². The molecule has 0 radical (unpaired) electrons. The molecule has 1 aromatic rings. The number of nitrogens with zero attached hydrogens (tertiary/aromatic N) is 4. The van der Waals surface area contributed by atoms with Crippen LogP contribution in [0.1, 0.15) is 20.8 Å². The number of rotatable bonds is 1. The van der Waals surface area contributed by atoms with Gasteiger partial charge in [-0.1, -0.05) is 0 Å². The lowest BCUT2D eigenvalue weighted by atomic mass is 10.2. The van der Waals surface area contributed by atoms with Crippen molar-refractivity contribution in [3.63, 3.8) is 0 Å².